The number of carbonyl (C=O) groups excluding carboxylic acids is 1. The third-order valence-corrected chi connectivity index (χ3v) is 6.83. The second-order valence-corrected chi connectivity index (χ2v) is 9.23. The minimum absolute atomic E-state index is 0.0789. The number of hydrogen-bond donors (Lipinski definition) is 1. The van der Waals surface area contributed by atoms with Gasteiger partial charge in [0.2, 0.25) is 0 Å². The summed E-state index contributed by atoms with van der Waals surface area (Å²) >= 11 is 3.13. The van der Waals surface area contributed by atoms with Crippen molar-refractivity contribution in [3.8, 4) is 0 Å². The van der Waals surface area contributed by atoms with Crippen molar-refractivity contribution < 1.29 is 13.2 Å². The van der Waals surface area contributed by atoms with Crippen LogP contribution in [0.5, 0.6) is 0 Å². The van der Waals surface area contributed by atoms with Gasteiger partial charge in [-0.2, -0.15) is 0 Å². The Balaban J connectivity index is 1.79. The van der Waals surface area contributed by atoms with Crippen LogP contribution in [0.4, 0.5) is 0 Å². The van der Waals surface area contributed by atoms with Gasteiger partial charge in [0.25, 0.3) is 15.0 Å². The molecule has 2 aliphatic carbocycles. The Morgan fingerprint density at radius 2 is 2.05 bits per heavy atom. The van der Waals surface area contributed by atoms with Crippen LogP contribution in [0.2, 0.25) is 0 Å². The minimum Gasteiger partial charge on any atom is -0.349 e. The van der Waals surface area contributed by atoms with Crippen molar-refractivity contribution in [3.63, 3.8) is 0 Å². The van der Waals surface area contributed by atoms with E-state index in [0.29, 0.717) is 16.0 Å². The molecule has 0 saturated heterocycles. The summed E-state index contributed by atoms with van der Waals surface area (Å²) in [6.45, 7) is 0. The fourth-order valence-corrected chi connectivity index (χ4v) is 5.62. The number of nitrogens with one attached hydrogen (secondary N) is 1. The first-order chi connectivity index (χ1) is 9.84. The Hall–Kier alpha value is -0.590. The monoisotopic (exact) mass is 391 g/mol. The molecule has 2 saturated carbocycles. The largest absolute Gasteiger partial charge is 0.349 e. The van der Waals surface area contributed by atoms with Crippen molar-refractivity contribution in [3.05, 3.63) is 28.2 Å². The standard InChI is InChI=1S/C14H15BrClNO3S/c15-11-4-3-10(7-13(11)21(16,19)20)14(18)17-12-6-8-1-2-9(12)5-8/h3-4,7-9,12H,1-2,5-6H2,(H,17,18). The lowest BCUT2D eigenvalue weighted by Crippen LogP contribution is -2.38. The minimum atomic E-state index is -3.88. The van der Waals surface area contributed by atoms with E-state index >= 15 is 0 Å². The molecule has 1 amide bonds. The molecule has 3 atom stereocenters. The third kappa shape index (κ3) is 3.12. The second-order valence-electron chi connectivity index (χ2n) is 5.84. The summed E-state index contributed by atoms with van der Waals surface area (Å²) in [5, 5.41) is 3.03. The van der Waals surface area contributed by atoms with Gasteiger partial charge in [-0.25, -0.2) is 8.42 Å². The molecule has 0 radical (unpaired) electrons. The molecule has 0 heterocycles. The van der Waals surface area contributed by atoms with E-state index in [1.807, 2.05) is 0 Å². The van der Waals surface area contributed by atoms with Crippen molar-refractivity contribution >= 4 is 41.6 Å². The molecule has 4 nitrogen and oxygen atoms in total. The number of rotatable bonds is 3. The predicted octanol–water partition coefficient (Wildman–Crippen LogP) is 3.30. The highest BCUT2D eigenvalue weighted by Crippen LogP contribution is 2.44. The summed E-state index contributed by atoms with van der Waals surface area (Å²) in [4.78, 5) is 12.2. The highest BCUT2D eigenvalue weighted by molar-refractivity contribution is 9.10. The number of amides is 1. The number of fused-ring (bicyclic) bond motifs is 2. The number of hydrogen-bond acceptors (Lipinski definition) is 3. The molecule has 3 rings (SSSR count). The van der Waals surface area contributed by atoms with Crippen molar-refractivity contribution in [2.75, 3.05) is 0 Å². The molecule has 7 heteroatoms. The van der Waals surface area contributed by atoms with Crippen molar-refractivity contribution in [1.82, 2.24) is 5.32 Å². The molecule has 114 valence electrons. The lowest BCUT2D eigenvalue weighted by molar-refractivity contribution is 0.0922. The van der Waals surface area contributed by atoms with Gasteiger partial charge in [-0.15, -0.1) is 0 Å². The molecule has 1 N–H and O–H groups in total. The lowest BCUT2D eigenvalue weighted by Gasteiger charge is -2.23. The fourth-order valence-electron chi connectivity index (χ4n) is 3.50. The Labute approximate surface area is 136 Å². The molecule has 1 aromatic carbocycles. The van der Waals surface area contributed by atoms with Crippen LogP contribution < -0.4 is 5.32 Å². The van der Waals surface area contributed by atoms with E-state index in [2.05, 4.69) is 21.2 Å². The summed E-state index contributed by atoms with van der Waals surface area (Å²) in [5.41, 5.74) is 0.320. The third-order valence-electron chi connectivity index (χ3n) is 4.51. The number of benzene rings is 1. The summed E-state index contributed by atoms with van der Waals surface area (Å²) in [6.07, 6.45) is 4.68. The highest BCUT2D eigenvalue weighted by Gasteiger charge is 2.40. The first-order valence-electron chi connectivity index (χ1n) is 6.89. The summed E-state index contributed by atoms with van der Waals surface area (Å²) in [7, 11) is 1.49. The van der Waals surface area contributed by atoms with Crippen LogP contribution in [0.3, 0.4) is 0 Å². The molecule has 0 spiro atoms. The van der Waals surface area contributed by atoms with E-state index in [1.54, 1.807) is 6.07 Å². The molecular formula is C14H15BrClNO3S. The first kappa shape index (κ1) is 15.3. The molecule has 21 heavy (non-hydrogen) atoms. The van der Waals surface area contributed by atoms with Crippen LogP contribution in [0.25, 0.3) is 0 Å². The Kier molecular flexibility index (Phi) is 4.05. The maximum Gasteiger partial charge on any atom is 0.262 e. The van der Waals surface area contributed by atoms with Crippen LogP contribution in [-0.4, -0.2) is 20.4 Å². The van der Waals surface area contributed by atoms with Crippen molar-refractivity contribution in [2.24, 2.45) is 11.8 Å². The van der Waals surface area contributed by atoms with Crippen LogP contribution in [0.15, 0.2) is 27.6 Å². The Morgan fingerprint density at radius 1 is 1.29 bits per heavy atom. The zero-order chi connectivity index (χ0) is 15.2. The zero-order valence-electron chi connectivity index (χ0n) is 11.2. The van der Waals surface area contributed by atoms with Gasteiger partial charge in [-0.1, -0.05) is 6.42 Å². The van der Waals surface area contributed by atoms with Crippen molar-refractivity contribution in [1.29, 1.82) is 0 Å². The van der Waals surface area contributed by atoms with Crippen LogP contribution in [0, 0.1) is 11.8 Å². The molecule has 1 aromatic rings. The molecule has 2 fully saturated rings. The zero-order valence-corrected chi connectivity index (χ0v) is 14.3. The van der Waals surface area contributed by atoms with Gasteiger partial charge in [-0.05, 0) is 65.2 Å². The Bertz CT molecular complexity index is 691. The maximum absolute atomic E-state index is 12.3. The lowest BCUT2D eigenvalue weighted by atomic mass is 9.95. The summed E-state index contributed by atoms with van der Waals surface area (Å²) in [5.74, 6) is 1.08. The summed E-state index contributed by atoms with van der Waals surface area (Å²) < 4.78 is 23.3. The van der Waals surface area contributed by atoms with Gasteiger partial charge >= 0.3 is 0 Å². The predicted molar refractivity (Wildman–Crippen MR) is 83.9 cm³/mol. The topological polar surface area (TPSA) is 63.2 Å². The number of halogens is 2. The molecular weight excluding hydrogens is 378 g/mol. The van der Waals surface area contributed by atoms with E-state index < -0.39 is 9.05 Å². The highest BCUT2D eigenvalue weighted by atomic mass is 79.9. The second kappa shape index (κ2) is 5.56. The van der Waals surface area contributed by atoms with Gasteiger partial charge in [0.1, 0.15) is 0 Å². The van der Waals surface area contributed by atoms with Gasteiger partial charge in [0, 0.05) is 26.8 Å². The average molecular weight is 393 g/mol. The van der Waals surface area contributed by atoms with Crippen LogP contribution >= 0.6 is 26.6 Å². The van der Waals surface area contributed by atoms with Gasteiger partial charge in [0.15, 0.2) is 0 Å². The van der Waals surface area contributed by atoms with E-state index in [1.165, 1.54) is 31.4 Å². The fraction of sp³-hybridized carbons (Fsp3) is 0.500. The van der Waals surface area contributed by atoms with E-state index in [0.717, 1.165) is 12.3 Å². The Morgan fingerprint density at radius 3 is 2.62 bits per heavy atom. The maximum atomic E-state index is 12.3. The molecule has 2 aliphatic rings. The normalized spacial score (nSPS) is 27.8. The number of carbonyl (C=O) groups is 1. The molecule has 0 aromatic heterocycles. The molecule has 2 bridgehead atoms. The first-order valence-corrected chi connectivity index (χ1v) is 10.00. The van der Waals surface area contributed by atoms with E-state index in [4.69, 9.17) is 10.7 Å². The average Bonchev–Trinajstić information content (AvgIpc) is 3.00. The SMILES string of the molecule is O=C(NC1CC2CCC1C2)c1ccc(Br)c(S(=O)(=O)Cl)c1. The van der Waals surface area contributed by atoms with Gasteiger partial charge in [0.05, 0.1) is 4.90 Å². The molecule has 3 unspecified atom stereocenters. The van der Waals surface area contributed by atoms with E-state index in [-0.39, 0.29) is 16.8 Å². The van der Waals surface area contributed by atoms with Gasteiger partial charge in [-0.3, -0.25) is 4.79 Å². The van der Waals surface area contributed by atoms with Gasteiger partial charge < -0.3 is 5.32 Å². The van der Waals surface area contributed by atoms with Crippen LogP contribution in [0.1, 0.15) is 36.0 Å². The summed E-state index contributed by atoms with van der Waals surface area (Å²) in [6, 6.07) is 4.66. The quantitative estimate of drug-likeness (QED) is 0.803. The van der Waals surface area contributed by atoms with Crippen molar-refractivity contribution in [2.45, 2.75) is 36.6 Å². The van der Waals surface area contributed by atoms with E-state index in [9.17, 15) is 13.2 Å². The molecule has 0 aliphatic heterocycles. The smallest absolute Gasteiger partial charge is 0.262 e. The van der Waals surface area contributed by atoms with Crippen LogP contribution in [-0.2, 0) is 9.05 Å².